The molecule has 1 fully saturated rings. The summed E-state index contributed by atoms with van der Waals surface area (Å²) in [5, 5.41) is 20.5. The van der Waals surface area contributed by atoms with Crippen molar-refractivity contribution in [3.63, 3.8) is 0 Å². The lowest BCUT2D eigenvalue weighted by atomic mass is 9.99. The summed E-state index contributed by atoms with van der Waals surface area (Å²) in [7, 11) is 0. The van der Waals surface area contributed by atoms with Crippen molar-refractivity contribution in [3.05, 3.63) is 33.6 Å². The Balaban J connectivity index is 0.000000309. The molecule has 0 aliphatic carbocycles. The summed E-state index contributed by atoms with van der Waals surface area (Å²) in [4.78, 5) is 37.5. The molecular formula is C23H32N4O7. The number of hydrogen-bond donors (Lipinski definition) is 5. The Morgan fingerprint density at radius 1 is 1.26 bits per heavy atom. The molecule has 4 rings (SSSR count). The molecule has 0 spiro atoms. The summed E-state index contributed by atoms with van der Waals surface area (Å²) >= 11 is 0. The number of ether oxygens (including phenoxy) is 2. The molecule has 11 heteroatoms. The number of carbonyl (C=O) groups is 2. The molecule has 1 saturated heterocycles. The molecule has 3 heterocycles. The fourth-order valence-corrected chi connectivity index (χ4v) is 4.06. The molecule has 6 N–H and O–H groups in total. The van der Waals surface area contributed by atoms with Gasteiger partial charge in [-0.15, -0.1) is 0 Å². The van der Waals surface area contributed by atoms with Crippen LogP contribution in [0.1, 0.15) is 30.9 Å². The molecule has 2 aliphatic rings. The zero-order chi connectivity index (χ0) is 24.7. The second-order valence-corrected chi connectivity index (χ2v) is 8.22. The summed E-state index contributed by atoms with van der Waals surface area (Å²) in [6.45, 7) is 7.75. The van der Waals surface area contributed by atoms with Crippen LogP contribution in [0.4, 0.5) is 5.69 Å². The molecular weight excluding hydrogens is 444 g/mol. The van der Waals surface area contributed by atoms with Crippen LogP contribution in [0.2, 0.25) is 0 Å². The van der Waals surface area contributed by atoms with Crippen LogP contribution in [-0.2, 0) is 27.3 Å². The zero-order valence-corrected chi connectivity index (χ0v) is 19.3. The minimum Gasteiger partial charge on any atom is -0.493 e. The van der Waals surface area contributed by atoms with Gasteiger partial charge in [0.05, 0.1) is 42.8 Å². The number of hydrogen-bond acceptors (Lipinski definition) is 8. The lowest BCUT2D eigenvalue weighted by molar-refractivity contribution is -0.144. The van der Waals surface area contributed by atoms with Crippen molar-refractivity contribution in [2.24, 2.45) is 5.73 Å². The average Bonchev–Trinajstić information content (AvgIpc) is 2.80. The Morgan fingerprint density at radius 3 is 2.62 bits per heavy atom. The first-order valence-corrected chi connectivity index (χ1v) is 11.4. The Kier molecular flexibility index (Phi) is 8.85. The van der Waals surface area contributed by atoms with E-state index in [-0.39, 0.29) is 5.56 Å². The molecule has 2 aromatic rings. The third kappa shape index (κ3) is 6.46. The quantitative estimate of drug-likeness (QED) is 0.389. The summed E-state index contributed by atoms with van der Waals surface area (Å²) in [6.07, 6.45) is 1.27. The number of aromatic nitrogens is 1. The van der Waals surface area contributed by atoms with Gasteiger partial charge in [0.1, 0.15) is 11.8 Å². The molecule has 34 heavy (non-hydrogen) atoms. The maximum absolute atomic E-state index is 12.5. The van der Waals surface area contributed by atoms with Gasteiger partial charge in [0, 0.05) is 31.7 Å². The van der Waals surface area contributed by atoms with Crippen LogP contribution >= 0.6 is 0 Å². The largest absolute Gasteiger partial charge is 0.493 e. The van der Waals surface area contributed by atoms with Crippen LogP contribution in [0.15, 0.2) is 16.9 Å². The van der Waals surface area contributed by atoms with E-state index >= 15 is 0 Å². The smallest absolute Gasteiger partial charge is 0.321 e. The number of aromatic amines is 1. The second kappa shape index (κ2) is 11.8. The molecule has 0 amide bonds. The minimum absolute atomic E-state index is 0.0145. The Morgan fingerprint density at radius 2 is 2.00 bits per heavy atom. The predicted molar refractivity (Wildman–Crippen MR) is 127 cm³/mol. The highest BCUT2D eigenvalue weighted by Gasteiger charge is 2.20. The van der Waals surface area contributed by atoms with E-state index in [0.717, 1.165) is 85.7 Å². The third-order valence-corrected chi connectivity index (χ3v) is 5.66. The number of H-pyrrole nitrogens is 1. The molecule has 0 saturated carbocycles. The van der Waals surface area contributed by atoms with Gasteiger partial charge in [-0.1, -0.05) is 0 Å². The SMILES string of the molecule is CCOc1cc(CN2CCOCC2)cc2[nH]c(=O)c3c(c12)NCCC3.N[C@@H](CC(=O)O)C(=O)O. The Bertz CT molecular complexity index is 1080. The maximum Gasteiger partial charge on any atom is 0.321 e. The van der Waals surface area contributed by atoms with E-state index in [9.17, 15) is 14.4 Å². The van der Waals surface area contributed by atoms with Crippen molar-refractivity contribution in [3.8, 4) is 5.75 Å². The predicted octanol–water partition coefficient (Wildman–Crippen LogP) is 0.990. The first-order chi connectivity index (χ1) is 16.3. The van der Waals surface area contributed by atoms with Crippen molar-refractivity contribution < 1.29 is 29.3 Å². The number of benzene rings is 1. The van der Waals surface area contributed by atoms with Gasteiger partial charge >= 0.3 is 11.9 Å². The number of pyridine rings is 1. The van der Waals surface area contributed by atoms with E-state index < -0.39 is 24.4 Å². The van der Waals surface area contributed by atoms with Crippen molar-refractivity contribution >= 4 is 28.5 Å². The van der Waals surface area contributed by atoms with Crippen LogP contribution < -0.4 is 21.3 Å². The number of anilines is 1. The number of aliphatic carboxylic acids is 2. The first-order valence-electron chi connectivity index (χ1n) is 11.4. The molecule has 1 atom stereocenters. The molecule has 0 radical (unpaired) electrons. The van der Waals surface area contributed by atoms with Crippen LogP contribution in [0.5, 0.6) is 5.75 Å². The molecule has 1 aromatic heterocycles. The van der Waals surface area contributed by atoms with Crippen LogP contribution in [-0.4, -0.2) is 77.5 Å². The first kappa shape index (κ1) is 25.5. The fraction of sp³-hybridized carbons (Fsp3) is 0.522. The lowest BCUT2D eigenvalue weighted by Crippen LogP contribution is -2.35. The van der Waals surface area contributed by atoms with Gasteiger partial charge in [0.2, 0.25) is 0 Å². The normalized spacial score (nSPS) is 16.5. The van der Waals surface area contributed by atoms with Gasteiger partial charge in [-0.2, -0.15) is 0 Å². The number of morpholine rings is 1. The van der Waals surface area contributed by atoms with E-state index in [0.29, 0.717) is 6.61 Å². The molecule has 0 bridgehead atoms. The number of rotatable bonds is 7. The average molecular weight is 477 g/mol. The lowest BCUT2D eigenvalue weighted by Gasteiger charge is -2.27. The number of carboxylic acid groups (broad SMARTS) is 2. The molecule has 186 valence electrons. The van der Waals surface area contributed by atoms with Crippen LogP contribution in [0, 0.1) is 0 Å². The number of nitrogens with one attached hydrogen (secondary N) is 2. The second-order valence-electron chi connectivity index (χ2n) is 8.22. The van der Waals surface area contributed by atoms with Gasteiger partial charge < -0.3 is 35.7 Å². The van der Waals surface area contributed by atoms with Gasteiger partial charge in [-0.25, -0.2) is 0 Å². The van der Waals surface area contributed by atoms with E-state index in [1.165, 1.54) is 0 Å². The number of nitrogens with two attached hydrogens (primary N) is 1. The highest BCUT2D eigenvalue weighted by molar-refractivity contribution is 5.98. The highest BCUT2D eigenvalue weighted by Crippen LogP contribution is 2.36. The summed E-state index contributed by atoms with van der Waals surface area (Å²) in [5.41, 5.74) is 8.66. The van der Waals surface area contributed by atoms with E-state index in [2.05, 4.69) is 27.3 Å². The summed E-state index contributed by atoms with van der Waals surface area (Å²) in [6, 6.07) is 2.92. The van der Waals surface area contributed by atoms with Crippen molar-refractivity contribution in [2.45, 2.75) is 38.8 Å². The van der Waals surface area contributed by atoms with E-state index in [1.54, 1.807) is 0 Å². The van der Waals surface area contributed by atoms with Crippen molar-refractivity contribution in [1.29, 1.82) is 0 Å². The highest BCUT2D eigenvalue weighted by atomic mass is 16.5. The number of fused-ring (bicyclic) bond motifs is 3. The van der Waals surface area contributed by atoms with E-state index in [4.69, 9.17) is 25.4 Å². The van der Waals surface area contributed by atoms with Crippen LogP contribution in [0.25, 0.3) is 10.9 Å². The zero-order valence-electron chi connectivity index (χ0n) is 19.3. The van der Waals surface area contributed by atoms with Crippen LogP contribution in [0.3, 0.4) is 0 Å². The minimum atomic E-state index is -1.29. The fourth-order valence-electron chi connectivity index (χ4n) is 4.06. The monoisotopic (exact) mass is 476 g/mol. The Labute approximate surface area is 196 Å². The number of nitrogens with zero attached hydrogens (tertiary/aromatic N) is 1. The molecule has 1 aromatic carbocycles. The van der Waals surface area contributed by atoms with Gasteiger partial charge in [0.15, 0.2) is 0 Å². The van der Waals surface area contributed by atoms with E-state index in [1.807, 2.05) is 6.92 Å². The maximum atomic E-state index is 12.5. The Hall–Kier alpha value is -3.15. The van der Waals surface area contributed by atoms with Gasteiger partial charge in [0.25, 0.3) is 5.56 Å². The van der Waals surface area contributed by atoms with Crippen molar-refractivity contribution in [2.75, 3.05) is 44.8 Å². The van der Waals surface area contributed by atoms with Gasteiger partial charge in [-0.3, -0.25) is 19.3 Å². The topological polar surface area (TPSA) is 167 Å². The molecule has 2 aliphatic heterocycles. The number of carboxylic acids is 2. The standard InChI is InChI=1S/C19H25N3O3.C4H7NO4/c1-2-25-16-11-13(12-22-6-8-24-9-7-22)10-15-17(16)18-14(19(23)21-15)4-3-5-20-18;5-2(4(8)9)1-3(6)7/h10-11,20H,2-9,12H2,1H3,(H,21,23);2H,1,5H2,(H,6,7)(H,8,9)/t;2-/m.0/s1. The summed E-state index contributed by atoms with van der Waals surface area (Å²) < 4.78 is 11.4. The van der Waals surface area contributed by atoms with Gasteiger partial charge in [-0.05, 0) is 37.5 Å². The summed E-state index contributed by atoms with van der Waals surface area (Å²) in [5.74, 6) is -1.65. The van der Waals surface area contributed by atoms with Crippen molar-refractivity contribution in [1.82, 2.24) is 9.88 Å². The third-order valence-electron chi connectivity index (χ3n) is 5.66. The molecule has 0 unspecified atom stereocenters. The molecule has 11 nitrogen and oxygen atoms in total.